The molecule has 0 amide bonds. The van der Waals surface area contributed by atoms with Crippen LogP contribution in [0, 0.1) is 6.92 Å². The Balaban J connectivity index is 2.46. The second-order valence-electron chi connectivity index (χ2n) is 5.55. The topological polar surface area (TPSA) is 69.4 Å². The maximum Gasteiger partial charge on any atom is 0.325 e. The summed E-state index contributed by atoms with van der Waals surface area (Å²) in [7, 11) is 1.31. The van der Waals surface area contributed by atoms with Crippen molar-refractivity contribution in [2.45, 2.75) is 45.1 Å². The van der Waals surface area contributed by atoms with E-state index in [-0.39, 0.29) is 5.78 Å². The van der Waals surface area contributed by atoms with Gasteiger partial charge in [0.15, 0.2) is 0 Å². The average Bonchev–Trinajstić information content (AvgIpc) is 2.40. The number of Topliss-reactive ketones (excluding diaryl/α,β-unsaturated/α-hetero) is 1. The zero-order chi connectivity index (χ0) is 16.0. The highest BCUT2D eigenvalue weighted by molar-refractivity contribution is 6.30. The minimum absolute atomic E-state index is 0.126. The molecule has 0 aliphatic rings. The molecule has 0 fully saturated rings. The highest BCUT2D eigenvalue weighted by Gasteiger charge is 2.28. The van der Waals surface area contributed by atoms with Crippen molar-refractivity contribution in [3.8, 4) is 0 Å². The van der Waals surface area contributed by atoms with Crippen LogP contribution in [-0.2, 0) is 20.7 Å². The molecule has 0 bridgehead atoms. The molecular formula is C16H22ClNO3. The quantitative estimate of drug-likeness (QED) is 0.786. The molecule has 21 heavy (non-hydrogen) atoms. The zero-order valence-corrected chi connectivity index (χ0v) is 13.5. The van der Waals surface area contributed by atoms with Gasteiger partial charge in [0.1, 0.15) is 11.3 Å². The molecule has 0 aliphatic heterocycles. The first kappa shape index (κ1) is 17.7. The van der Waals surface area contributed by atoms with Crippen molar-refractivity contribution >= 4 is 23.4 Å². The average molecular weight is 312 g/mol. The number of esters is 1. The Morgan fingerprint density at radius 2 is 2.05 bits per heavy atom. The summed E-state index contributed by atoms with van der Waals surface area (Å²) in [5.41, 5.74) is 6.80. The van der Waals surface area contributed by atoms with E-state index in [1.165, 1.54) is 7.11 Å². The van der Waals surface area contributed by atoms with E-state index in [0.29, 0.717) is 30.7 Å². The fourth-order valence-electron chi connectivity index (χ4n) is 2.15. The van der Waals surface area contributed by atoms with Crippen LogP contribution < -0.4 is 5.73 Å². The first-order valence-corrected chi connectivity index (χ1v) is 7.28. The number of hydrogen-bond donors (Lipinski definition) is 1. The zero-order valence-electron chi connectivity index (χ0n) is 12.7. The van der Waals surface area contributed by atoms with Gasteiger partial charge in [-0.25, -0.2) is 0 Å². The number of halogens is 1. The lowest BCUT2D eigenvalue weighted by Gasteiger charge is -2.20. The van der Waals surface area contributed by atoms with Gasteiger partial charge in [0.25, 0.3) is 0 Å². The van der Waals surface area contributed by atoms with Crippen LogP contribution in [-0.4, -0.2) is 24.4 Å². The molecule has 0 radical (unpaired) electrons. The second kappa shape index (κ2) is 7.57. The van der Waals surface area contributed by atoms with Gasteiger partial charge in [0.05, 0.1) is 7.11 Å². The van der Waals surface area contributed by atoms with Gasteiger partial charge in [-0.1, -0.05) is 17.7 Å². The highest BCUT2D eigenvalue weighted by atomic mass is 35.5. The molecule has 1 unspecified atom stereocenters. The van der Waals surface area contributed by atoms with E-state index in [1.807, 2.05) is 19.1 Å². The minimum Gasteiger partial charge on any atom is -0.468 e. The van der Waals surface area contributed by atoms with Crippen molar-refractivity contribution < 1.29 is 14.3 Å². The summed E-state index contributed by atoms with van der Waals surface area (Å²) >= 11 is 5.89. The molecule has 116 valence electrons. The highest BCUT2D eigenvalue weighted by Crippen LogP contribution is 2.18. The van der Waals surface area contributed by atoms with Gasteiger partial charge in [-0.15, -0.1) is 0 Å². The molecule has 1 aromatic rings. The number of nitrogens with two attached hydrogens (primary N) is 1. The summed E-state index contributed by atoms with van der Waals surface area (Å²) in [6, 6.07) is 5.50. The molecule has 1 atom stereocenters. The normalized spacial score (nSPS) is 13.6. The molecule has 0 spiro atoms. The summed E-state index contributed by atoms with van der Waals surface area (Å²) in [6.45, 7) is 3.55. The third kappa shape index (κ3) is 5.48. The van der Waals surface area contributed by atoms with E-state index < -0.39 is 11.5 Å². The largest absolute Gasteiger partial charge is 0.468 e. The van der Waals surface area contributed by atoms with E-state index >= 15 is 0 Å². The monoisotopic (exact) mass is 311 g/mol. The number of aryl methyl sites for hydroxylation is 1. The van der Waals surface area contributed by atoms with Crippen LogP contribution in [0.4, 0.5) is 0 Å². The lowest BCUT2D eigenvalue weighted by atomic mass is 9.94. The number of ketones is 1. The summed E-state index contributed by atoms with van der Waals surface area (Å²) in [5, 5.41) is 0.667. The number of hydrogen-bond acceptors (Lipinski definition) is 4. The third-order valence-corrected chi connectivity index (χ3v) is 3.73. The molecule has 0 saturated carbocycles. The molecule has 0 aliphatic carbocycles. The van der Waals surface area contributed by atoms with Gasteiger partial charge in [-0.05, 0) is 49.9 Å². The van der Waals surface area contributed by atoms with Gasteiger partial charge >= 0.3 is 5.97 Å². The molecular weight excluding hydrogens is 290 g/mol. The van der Waals surface area contributed by atoms with Gasteiger partial charge < -0.3 is 10.5 Å². The van der Waals surface area contributed by atoms with E-state index in [1.54, 1.807) is 13.0 Å². The molecule has 2 N–H and O–H groups in total. The van der Waals surface area contributed by atoms with Crippen molar-refractivity contribution in [1.29, 1.82) is 0 Å². The predicted octanol–water partition coefficient (Wildman–Crippen LogP) is 2.82. The van der Waals surface area contributed by atoms with E-state index in [2.05, 4.69) is 4.74 Å². The fraction of sp³-hybridized carbons (Fsp3) is 0.500. The van der Waals surface area contributed by atoms with Crippen molar-refractivity contribution in [2.75, 3.05) is 7.11 Å². The third-order valence-electron chi connectivity index (χ3n) is 3.50. The van der Waals surface area contributed by atoms with Crippen molar-refractivity contribution in [1.82, 2.24) is 0 Å². The van der Waals surface area contributed by atoms with Gasteiger partial charge in [0.2, 0.25) is 0 Å². The van der Waals surface area contributed by atoms with E-state index in [0.717, 1.165) is 11.1 Å². The Bertz CT molecular complexity index is 526. The van der Waals surface area contributed by atoms with Crippen LogP contribution in [0.15, 0.2) is 18.2 Å². The van der Waals surface area contributed by atoms with Crippen LogP contribution in [0.3, 0.4) is 0 Å². The lowest BCUT2D eigenvalue weighted by molar-refractivity contribution is -0.146. The Kier molecular flexibility index (Phi) is 6.37. The van der Waals surface area contributed by atoms with Crippen LogP contribution in [0.1, 0.15) is 37.3 Å². The number of benzene rings is 1. The molecule has 1 aromatic carbocycles. The van der Waals surface area contributed by atoms with E-state index in [9.17, 15) is 9.59 Å². The van der Waals surface area contributed by atoms with Crippen LogP contribution in [0.2, 0.25) is 5.02 Å². The summed E-state index contributed by atoms with van der Waals surface area (Å²) in [4.78, 5) is 23.4. The Hall–Kier alpha value is -1.39. The van der Waals surface area contributed by atoms with Crippen LogP contribution in [0.5, 0.6) is 0 Å². The molecule has 0 aromatic heterocycles. The summed E-state index contributed by atoms with van der Waals surface area (Å²) < 4.78 is 4.63. The Labute approximate surface area is 130 Å². The fourth-order valence-corrected chi connectivity index (χ4v) is 2.37. The number of methoxy groups -OCH3 is 1. The molecule has 4 nitrogen and oxygen atoms in total. The number of ether oxygens (including phenoxy) is 1. The SMILES string of the molecule is COC(=O)C(C)(N)CCCC(=O)Cc1ccc(Cl)cc1C. The summed E-state index contributed by atoms with van der Waals surface area (Å²) in [5.74, 6) is -0.329. The molecule has 0 saturated heterocycles. The first-order chi connectivity index (χ1) is 9.76. The Morgan fingerprint density at radius 1 is 1.38 bits per heavy atom. The van der Waals surface area contributed by atoms with Gasteiger partial charge in [-0.2, -0.15) is 0 Å². The number of rotatable bonds is 7. The van der Waals surface area contributed by atoms with Crippen LogP contribution in [0.25, 0.3) is 0 Å². The molecule has 5 heteroatoms. The van der Waals surface area contributed by atoms with Gasteiger partial charge in [0, 0.05) is 17.9 Å². The van der Waals surface area contributed by atoms with Crippen molar-refractivity contribution in [2.24, 2.45) is 5.73 Å². The minimum atomic E-state index is -1.04. The maximum absolute atomic E-state index is 12.0. The second-order valence-corrected chi connectivity index (χ2v) is 5.99. The smallest absolute Gasteiger partial charge is 0.325 e. The standard InChI is InChI=1S/C16H22ClNO3/c1-11-9-13(17)7-6-12(11)10-14(19)5-4-8-16(2,18)15(20)21-3/h6-7,9H,4-5,8,10,18H2,1-3H3. The molecule has 1 rings (SSSR count). The first-order valence-electron chi connectivity index (χ1n) is 6.90. The molecule has 0 heterocycles. The van der Waals surface area contributed by atoms with Crippen LogP contribution >= 0.6 is 11.6 Å². The van der Waals surface area contributed by atoms with E-state index in [4.69, 9.17) is 17.3 Å². The summed E-state index contributed by atoms with van der Waals surface area (Å²) in [6.07, 6.45) is 1.76. The number of carbonyl (C=O) groups is 2. The number of carbonyl (C=O) groups excluding carboxylic acids is 2. The Morgan fingerprint density at radius 3 is 2.62 bits per heavy atom. The predicted molar refractivity (Wildman–Crippen MR) is 83.4 cm³/mol. The maximum atomic E-state index is 12.0. The van der Waals surface area contributed by atoms with Crippen molar-refractivity contribution in [3.63, 3.8) is 0 Å². The van der Waals surface area contributed by atoms with Gasteiger partial charge in [-0.3, -0.25) is 9.59 Å². The lowest BCUT2D eigenvalue weighted by Crippen LogP contribution is -2.45. The van der Waals surface area contributed by atoms with Crippen molar-refractivity contribution in [3.05, 3.63) is 34.3 Å².